The first-order valence-corrected chi connectivity index (χ1v) is 6.74. The Hall–Kier alpha value is -1.39. The first kappa shape index (κ1) is 11.7. The van der Waals surface area contributed by atoms with Gasteiger partial charge in [-0.05, 0) is 18.8 Å². The Morgan fingerprint density at radius 1 is 1.39 bits per heavy atom. The second kappa shape index (κ2) is 4.37. The standard InChI is InChI=1S/C13H19N3O2/c1-8(2)5-11(17)16-6-10(7-16)13-14-12(15-18-13)9-3-4-9/h8-10H,3-7H2,1-2H3. The third kappa shape index (κ3) is 2.26. The number of rotatable bonds is 4. The molecule has 1 saturated heterocycles. The summed E-state index contributed by atoms with van der Waals surface area (Å²) in [5.41, 5.74) is 0. The maximum atomic E-state index is 11.8. The number of carbonyl (C=O) groups excluding carboxylic acids is 1. The maximum Gasteiger partial charge on any atom is 0.233 e. The first-order valence-electron chi connectivity index (χ1n) is 6.74. The second-order valence-electron chi connectivity index (χ2n) is 5.86. The number of aromatic nitrogens is 2. The highest BCUT2D eigenvalue weighted by Crippen LogP contribution is 2.39. The highest BCUT2D eigenvalue weighted by Gasteiger charge is 2.37. The van der Waals surface area contributed by atoms with Gasteiger partial charge in [0.25, 0.3) is 0 Å². The molecule has 0 atom stereocenters. The molecule has 18 heavy (non-hydrogen) atoms. The Kier molecular flexibility index (Phi) is 2.84. The fourth-order valence-corrected chi connectivity index (χ4v) is 2.24. The van der Waals surface area contributed by atoms with E-state index in [1.165, 1.54) is 12.8 Å². The van der Waals surface area contributed by atoms with Crippen molar-refractivity contribution in [2.45, 2.75) is 44.9 Å². The van der Waals surface area contributed by atoms with Gasteiger partial charge in [-0.2, -0.15) is 4.98 Å². The number of hydrogen-bond donors (Lipinski definition) is 0. The van der Waals surface area contributed by atoms with E-state index in [0.717, 1.165) is 18.9 Å². The average molecular weight is 249 g/mol. The normalized spacial score (nSPS) is 20.3. The fraction of sp³-hybridized carbons (Fsp3) is 0.769. The Bertz CT molecular complexity index is 445. The lowest BCUT2D eigenvalue weighted by Gasteiger charge is -2.37. The van der Waals surface area contributed by atoms with Gasteiger partial charge in [0, 0.05) is 25.4 Å². The lowest BCUT2D eigenvalue weighted by atomic mass is 9.98. The molecular weight excluding hydrogens is 230 g/mol. The molecule has 3 rings (SSSR count). The minimum atomic E-state index is 0.239. The van der Waals surface area contributed by atoms with Gasteiger partial charge in [-0.25, -0.2) is 0 Å². The van der Waals surface area contributed by atoms with Gasteiger partial charge in [0.15, 0.2) is 5.82 Å². The second-order valence-corrected chi connectivity index (χ2v) is 5.86. The number of carbonyl (C=O) groups is 1. The SMILES string of the molecule is CC(C)CC(=O)N1CC(c2nc(C3CC3)no2)C1. The van der Waals surface area contributed by atoms with Crippen LogP contribution in [0, 0.1) is 5.92 Å². The van der Waals surface area contributed by atoms with Gasteiger partial charge in [-0.3, -0.25) is 4.79 Å². The molecule has 0 N–H and O–H groups in total. The molecule has 1 aliphatic carbocycles. The van der Waals surface area contributed by atoms with Crippen molar-refractivity contribution >= 4 is 5.91 Å². The molecule has 1 aromatic rings. The molecule has 0 spiro atoms. The maximum absolute atomic E-state index is 11.8. The van der Waals surface area contributed by atoms with Gasteiger partial charge in [-0.15, -0.1) is 0 Å². The van der Waals surface area contributed by atoms with Crippen LogP contribution in [0.25, 0.3) is 0 Å². The Balaban J connectivity index is 1.53. The van der Waals surface area contributed by atoms with E-state index in [0.29, 0.717) is 24.1 Å². The Morgan fingerprint density at radius 3 is 2.72 bits per heavy atom. The summed E-state index contributed by atoms with van der Waals surface area (Å²) in [5, 5.41) is 4.01. The number of nitrogens with zero attached hydrogens (tertiary/aromatic N) is 3. The van der Waals surface area contributed by atoms with Crippen LogP contribution < -0.4 is 0 Å². The molecule has 0 unspecified atom stereocenters. The monoisotopic (exact) mass is 249 g/mol. The van der Waals surface area contributed by atoms with Crippen LogP contribution in [0.5, 0.6) is 0 Å². The lowest BCUT2D eigenvalue weighted by molar-refractivity contribution is -0.136. The summed E-state index contributed by atoms with van der Waals surface area (Å²) in [4.78, 5) is 18.1. The molecule has 1 aromatic heterocycles. The van der Waals surface area contributed by atoms with E-state index in [4.69, 9.17) is 4.52 Å². The molecular formula is C13H19N3O2. The van der Waals surface area contributed by atoms with E-state index in [9.17, 15) is 4.79 Å². The topological polar surface area (TPSA) is 59.2 Å². The zero-order chi connectivity index (χ0) is 12.7. The predicted octanol–water partition coefficient (Wildman–Crippen LogP) is 1.92. The van der Waals surface area contributed by atoms with Gasteiger partial charge in [-0.1, -0.05) is 19.0 Å². The molecule has 0 aromatic carbocycles. The van der Waals surface area contributed by atoms with Gasteiger partial charge in [0.2, 0.25) is 11.8 Å². The molecule has 1 aliphatic heterocycles. The van der Waals surface area contributed by atoms with Crippen LogP contribution >= 0.6 is 0 Å². The molecule has 2 aliphatic rings. The minimum absolute atomic E-state index is 0.239. The molecule has 98 valence electrons. The van der Waals surface area contributed by atoms with Crippen LogP contribution in [0.4, 0.5) is 0 Å². The van der Waals surface area contributed by atoms with Crippen LogP contribution in [0.3, 0.4) is 0 Å². The summed E-state index contributed by atoms with van der Waals surface area (Å²) >= 11 is 0. The Morgan fingerprint density at radius 2 is 2.11 bits per heavy atom. The van der Waals surface area contributed by atoms with E-state index in [-0.39, 0.29) is 11.8 Å². The van der Waals surface area contributed by atoms with Gasteiger partial charge >= 0.3 is 0 Å². The summed E-state index contributed by atoms with van der Waals surface area (Å²) in [6, 6.07) is 0. The summed E-state index contributed by atoms with van der Waals surface area (Å²) < 4.78 is 5.28. The fourth-order valence-electron chi connectivity index (χ4n) is 2.24. The van der Waals surface area contributed by atoms with Crippen LogP contribution in [0.1, 0.15) is 56.7 Å². The van der Waals surface area contributed by atoms with Crippen molar-refractivity contribution in [2.75, 3.05) is 13.1 Å². The smallest absolute Gasteiger partial charge is 0.233 e. The third-order valence-corrected chi connectivity index (χ3v) is 3.57. The van der Waals surface area contributed by atoms with Gasteiger partial charge in [0.05, 0.1) is 5.92 Å². The van der Waals surface area contributed by atoms with E-state index in [1.807, 2.05) is 4.90 Å². The predicted molar refractivity (Wildman–Crippen MR) is 65.0 cm³/mol. The molecule has 1 amide bonds. The molecule has 0 radical (unpaired) electrons. The Labute approximate surface area is 107 Å². The van der Waals surface area contributed by atoms with Crippen molar-refractivity contribution in [1.82, 2.24) is 15.0 Å². The number of amides is 1. The van der Waals surface area contributed by atoms with E-state index in [2.05, 4.69) is 24.0 Å². The minimum Gasteiger partial charge on any atom is -0.341 e. The summed E-state index contributed by atoms with van der Waals surface area (Å²) in [6.07, 6.45) is 3.00. The van der Waals surface area contributed by atoms with Crippen molar-refractivity contribution in [2.24, 2.45) is 5.92 Å². The van der Waals surface area contributed by atoms with Crippen molar-refractivity contribution in [3.8, 4) is 0 Å². The van der Waals surface area contributed by atoms with Crippen molar-refractivity contribution < 1.29 is 9.32 Å². The molecule has 5 nitrogen and oxygen atoms in total. The zero-order valence-corrected chi connectivity index (χ0v) is 10.9. The van der Waals surface area contributed by atoms with E-state index in [1.54, 1.807) is 0 Å². The van der Waals surface area contributed by atoms with Crippen LogP contribution in [-0.4, -0.2) is 34.0 Å². The molecule has 2 heterocycles. The number of likely N-dealkylation sites (tertiary alicyclic amines) is 1. The van der Waals surface area contributed by atoms with E-state index < -0.39 is 0 Å². The van der Waals surface area contributed by atoms with Crippen molar-refractivity contribution in [1.29, 1.82) is 0 Å². The van der Waals surface area contributed by atoms with E-state index >= 15 is 0 Å². The third-order valence-electron chi connectivity index (χ3n) is 3.57. The first-order chi connectivity index (χ1) is 8.63. The summed E-state index contributed by atoms with van der Waals surface area (Å²) in [7, 11) is 0. The molecule has 2 fully saturated rings. The molecule has 5 heteroatoms. The summed E-state index contributed by atoms with van der Waals surface area (Å²) in [5.74, 6) is 3.01. The highest BCUT2D eigenvalue weighted by atomic mass is 16.5. The zero-order valence-electron chi connectivity index (χ0n) is 10.9. The van der Waals surface area contributed by atoms with Crippen LogP contribution in [-0.2, 0) is 4.79 Å². The van der Waals surface area contributed by atoms with Crippen molar-refractivity contribution in [3.05, 3.63) is 11.7 Å². The van der Waals surface area contributed by atoms with Crippen molar-refractivity contribution in [3.63, 3.8) is 0 Å². The van der Waals surface area contributed by atoms with Gasteiger partial charge < -0.3 is 9.42 Å². The number of hydrogen-bond acceptors (Lipinski definition) is 4. The summed E-state index contributed by atoms with van der Waals surface area (Å²) in [6.45, 7) is 5.60. The van der Waals surface area contributed by atoms with Gasteiger partial charge in [0.1, 0.15) is 0 Å². The quantitative estimate of drug-likeness (QED) is 0.818. The largest absolute Gasteiger partial charge is 0.341 e. The highest BCUT2D eigenvalue weighted by molar-refractivity contribution is 5.77. The van der Waals surface area contributed by atoms with Crippen LogP contribution in [0.2, 0.25) is 0 Å². The lowest BCUT2D eigenvalue weighted by Crippen LogP contribution is -2.48. The molecule has 1 saturated carbocycles. The molecule has 0 bridgehead atoms. The van der Waals surface area contributed by atoms with Crippen LogP contribution in [0.15, 0.2) is 4.52 Å². The average Bonchev–Trinajstić information content (AvgIpc) is 2.96.